The van der Waals surface area contributed by atoms with Crippen LogP contribution in [-0.2, 0) is 0 Å². The lowest BCUT2D eigenvalue weighted by Gasteiger charge is -2.19. The van der Waals surface area contributed by atoms with Crippen LogP contribution in [0.15, 0.2) is 12.2 Å². The van der Waals surface area contributed by atoms with Crippen molar-refractivity contribution in [2.24, 2.45) is 17.8 Å². The summed E-state index contributed by atoms with van der Waals surface area (Å²) in [5.41, 5.74) is 0. The van der Waals surface area contributed by atoms with E-state index in [1.54, 1.807) is 0 Å². The number of allylic oxidation sites excluding steroid dienone is 2. The van der Waals surface area contributed by atoms with Gasteiger partial charge in [-0.1, -0.05) is 52.2 Å². The summed E-state index contributed by atoms with van der Waals surface area (Å²) in [5.74, 6) is 2.44. The molecule has 0 amide bonds. The van der Waals surface area contributed by atoms with Crippen molar-refractivity contribution in [3.63, 3.8) is 0 Å². The van der Waals surface area contributed by atoms with E-state index in [1.165, 1.54) is 32.1 Å². The van der Waals surface area contributed by atoms with Crippen LogP contribution in [0.25, 0.3) is 0 Å². The summed E-state index contributed by atoms with van der Waals surface area (Å²) < 4.78 is 0. The second-order valence-corrected chi connectivity index (χ2v) is 4.89. The SMILES string of the molecule is CC(C)C(C)/C=C\C1CCCCC1. The Hall–Kier alpha value is -0.260. The predicted molar refractivity (Wildman–Crippen MR) is 59.7 cm³/mol. The first-order valence-corrected chi connectivity index (χ1v) is 5.88. The Morgan fingerprint density at radius 3 is 2.15 bits per heavy atom. The summed E-state index contributed by atoms with van der Waals surface area (Å²) in [6.07, 6.45) is 12.1. The van der Waals surface area contributed by atoms with Crippen LogP contribution in [0.1, 0.15) is 52.9 Å². The van der Waals surface area contributed by atoms with Gasteiger partial charge < -0.3 is 0 Å². The Kier molecular flexibility index (Phi) is 4.55. The van der Waals surface area contributed by atoms with Crippen LogP contribution in [0.3, 0.4) is 0 Å². The highest BCUT2D eigenvalue weighted by molar-refractivity contribution is 4.93. The van der Waals surface area contributed by atoms with Crippen molar-refractivity contribution in [1.82, 2.24) is 0 Å². The normalized spacial score (nSPS) is 22.8. The lowest BCUT2D eigenvalue weighted by molar-refractivity contribution is 0.414. The van der Waals surface area contributed by atoms with Crippen LogP contribution < -0.4 is 0 Å². The van der Waals surface area contributed by atoms with E-state index in [1.807, 2.05) is 0 Å². The highest BCUT2D eigenvalue weighted by Crippen LogP contribution is 2.25. The molecule has 0 N–H and O–H groups in total. The van der Waals surface area contributed by atoms with Crippen molar-refractivity contribution < 1.29 is 0 Å². The van der Waals surface area contributed by atoms with Gasteiger partial charge in [-0.05, 0) is 30.6 Å². The van der Waals surface area contributed by atoms with Crippen LogP contribution in [0.5, 0.6) is 0 Å². The van der Waals surface area contributed by atoms with Crippen molar-refractivity contribution in [3.8, 4) is 0 Å². The summed E-state index contributed by atoms with van der Waals surface area (Å²) in [4.78, 5) is 0. The standard InChI is InChI=1S/C13H24/c1-11(2)12(3)9-10-13-7-5-4-6-8-13/h9-13H,4-8H2,1-3H3/b10-9-. The lowest BCUT2D eigenvalue weighted by atomic mass is 9.87. The predicted octanol–water partition coefficient (Wildman–Crippen LogP) is 4.42. The maximum atomic E-state index is 2.48. The highest BCUT2D eigenvalue weighted by Gasteiger charge is 2.10. The van der Waals surface area contributed by atoms with Gasteiger partial charge in [0.25, 0.3) is 0 Å². The minimum atomic E-state index is 0.752. The molecule has 1 atom stereocenters. The van der Waals surface area contributed by atoms with Gasteiger partial charge in [-0.2, -0.15) is 0 Å². The van der Waals surface area contributed by atoms with Crippen molar-refractivity contribution in [2.75, 3.05) is 0 Å². The topological polar surface area (TPSA) is 0 Å². The zero-order valence-electron chi connectivity index (χ0n) is 9.42. The Bertz CT molecular complexity index is 149. The smallest absolute Gasteiger partial charge is 0.0233 e. The third-order valence-corrected chi connectivity index (χ3v) is 3.39. The molecule has 1 aliphatic rings. The molecule has 13 heavy (non-hydrogen) atoms. The Morgan fingerprint density at radius 2 is 1.62 bits per heavy atom. The van der Waals surface area contributed by atoms with Gasteiger partial charge >= 0.3 is 0 Å². The van der Waals surface area contributed by atoms with Gasteiger partial charge in [0.1, 0.15) is 0 Å². The minimum Gasteiger partial charge on any atom is -0.0852 e. The molecule has 0 heteroatoms. The molecule has 1 saturated carbocycles. The van der Waals surface area contributed by atoms with Gasteiger partial charge in [-0.25, -0.2) is 0 Å². The summed E-state index contributed by atoms with van der Waals surface area (Å²) >= 11 is 0. The first-order chi connectivity index (χ1) is 6.20. The van der Waals surface area contributed by atoms with E-state index in [0.29, 0.717) is 0 Å². The summed E-state index contributed by atoms with van der Waals surface area (Å²) in [5, 5.41) is 0. The largest absolute Gasteiger partial charge is 0.0852 e. The molecule has 1 unspecified atom stereocenters. The molecule has 0 nitrogen and oxygen atoms in total. The van der Waals surface area contributed by atoms with Crippen molar-refractivity contribution in [1.29, 1.82) is 0 Å². The molecule has 0 heterocycles. The average Bonchev–Trinajstić information content (AvgIpc) is 2.15. The Morgan fingerprint density at radius 1 is 1.00 bits per heavy atom. The van der Waals surface area contributed by atoms with E-state index >= 15 is 0 Å². The fourth-order valence-corrected chi connectivity index (χ4v) is 1.88. The third kappa shape index (κ3) is 3.97. The summed E-state index contributed by atoms with van der Waals surface area (Å²) in [7, 11) is 0. The Balaban J connectivity index is 2.28. The molecule has 0 radical (unpaired) electrons. The van der Waals surface area contributed by atoms with Gasteiger partial charge in [-0.15, -0.1) is 0 Å². The Labute approximate surface area is 83.4 Å². The van der Waals surface area contributed by atoms with Crippen LogP contribution in [0.4, 0.5) is 0 Å². The van der Waals surface area contributed by atoms with Gasteiger partial charge in [-0.3, -0.25) is 0 Å². The van der Waals surface area contributed by atoms with E-state index in [0.717, 1.165) is 17.8 Å². The second kappa shape index (κ2) is 5.47. The van der Waals surface area contributed by atoms with Crippen LogP contribution >= 0.6 is 0 Å². The molecule has 0 aliphatic heterocycles. The molecule has 0 saturated heterocycles. The lowest BCUT2D eigenvalue weighted by Crippen LogP contribution is -2.05. The monoisotopic (exact) mass is 180 g/mol. The average molecular weight is 180 g/mol. The first kappa shape index (κ1) is 10.8. The van der Waals surface area contributed by atoms with Gasteiger partial charge in [0, 0.05) is 0 Å². The minimum absolute atomic E-state index is 0.752. The fraction of sp³-hybridized carbons (Fsp3) is 0.846. The molecule has 1 fully saturated rings. The molecular weight excluding hydrogens is 156 g/mol. The highest BCUT2D eigenvalue weighted by atomic mass is 14.2. The number of rotatable bonds is 3. The van der Waals surface area contributed by atoms with Gasteiger partial charge in [0.05, 0.1) is 0 Å². The van der Waals surface area contributed by atoms with Crippen LogP contribution in [-0.4, -0.2) is 0 Å². The zero-order valence-corrected chi connectivity index (χ0v) is 9.42. The molecule has 0 aromatic rings. The van der Waals surface area contributed by atoms with Gasteiger partial charge in [0.15, 0.2) is 0 Å². The summed E-state index contributed by atoms with van der Waals surface area (Å²) in [6, 6.07) is 0. The molecule has 1 aliphatic carbocycles. The van der Waals surface area contributed by atoms with E-state index in [2.05, 4.69) is 32.9 Å². The molecule has 0 aromatic heterocycles. The van der Waals surface area contributed by atoms with Crippen LogP contribution in [0.2, 0.25) is 0 Å². The maximum absolute atomic E-state index is 2.48. The van der Waals surface area contributed by atoms with Crippen molar-refractivity contribution in [3.05, 3.63) is 12.2 Å². The van der Waals surface area contributed by atoms with Gasteiger partial charge in [0.2, 0.25) is 0 Å². The zero-order chi connectivity index (χ0) is 9.68. The molecule has 0 aromatic carbocycles. The molecule has 0 bridgehead atoms. The number of hydrogen-bond acceptors (Lipinski definition) is 0. The molecule has 0 spiro atoms. The number of hydrogen-bond donors (Lipinski definition) is 0. The van der Waals surface area contributed by atoms with E-state index < -0.39 is 0 Å². The molecule has 1 rings (SSSR count). The third-order valence-electron chi connectivity index (χ3n) is 3.39. The first-order valence-electron chi connectivity index (χ1n) is 5.88. The quantitative estimate of drug-likeness (QED) is 0.564. The van der Waals surface area contributed by atoms with Crippen LogP contribution in [0, 0.1) is 17.8 Å². The van der Waals surface area contributed by atoms with Crippen molar-refractivity contribution in [2.45, 2.75) is 52.9 Å². The van der Waals surface area contributed by atoms with E-state index in [-0.39, 0.29) is 0 Å². The molecule has 76 valence electrons. The summed E-state index contributed by atoms with van der Waals surface area (Å²) in [6.45, 7) is 6.93. The van der Waals surface area contributed by atoms with Crippen molar-refractivity contribution >= 4 is 0 Å². The fourth-order valence-electron chi connectivity index (χ4n) is 1.88. The van der Waals surface area contributed by atoms with E-state index in [4.69, 9.17) is 0 Å². The van der Waals surface area contributed by atoms with E-state index in [9.17, 15) is 0 Å². The molecular formula is C13H24. The second-order valence-electron chi connectivity index (χ2n) is 4.89. The maximum Gasteiger partial charge on any atom is -0.0233 e.